The van der Waals surface area contributed by atoms with Gasteiger partial charge in [0, 0.05) is 24.2 Å². The molecule has 34 heavy (non-hydrogen) atoms. The Kier molecular flexibility index (Phi) is 6.12. The van der Waals surface area contributed by atoms with Crippen LogP contribution in [0, 0.1) is 6.92 Å². The average molecular weight is 458 g/mol. The minimum absolute atomic E-state index is 0.164. The largest absolute Gasteiger partial charge is 0.497 e. The smallest absolute Gasteiger partial charge is 0.255 e. The SMILES string of the molecule is COc1ccc(CNC(=O)c2cn(-c3ccc(-c4noc(C5CCCC5)n4)cc3)nc2C)cc1. The molecule has 8 heteroatoms. The van der Waals surface area contributed by atoms with Crippen LogP contribution in [0.2, 0.25) is 0 Å². The molecule has 8 nitrogen and oxygen atoms in total. The molecule has 0 atom stereocenters. The molecule has 1 N–H and O–H groups in total. The quantitative estimate of drug-likeness (QED) is 0.427. The van der Waals surface area contributed by atoms with Crippen molar-refractivity contribution in [3.05, 3.63) is 77.4 Å². The van der Waals surface area contributed by atoms with Crippen LogP contribution in [0.25, 0.3) is 17.1 Å². The van der Waals surface area contributed by atoms with Crippen molar-refractivity contribution >= 4 is 5.91 Å². The number of methoxy groups -OCH3 is 1. The van der Waals surface area contributed by atoms with Crippen LogP contribution in [0.1, 0.15) is 59.1 Å². The Hall–Kier alpha value is -3.94. The Bertz CT molecular complexity index is 1270. The van der Waals surface area contributed by atoms with Crippen molar-refractivity contribution in [2.75, 3.05) is 7.11 Å². The number of rotatable bonds is 7. The summed E-state index contributed by atoms with van der Waals surface area (Å²) in [5.41, 5.74) is 3.93. The number of hydrogen-bond donors (Lipinski definition) is 1. The van der Waals surface area contributed by atoms with Gasteiger partial charge in [0.1, 0.15) is 5.75 Å². The van der Waals surface area contributed by atoms with Crippen molar-refractivity contribution in [1.29, 1.82) is 0 Å². The van der Waals surface area contributed by atoms with Gasteiger partial charge in [-0.25, -0.2) is 4.68 Å². The molecular formula is C26H27N5O3. The Labute approximate surface area is 197 Å². The van der Waals surface area contributed by atoms with Gasteiger partial charge in [-0.05, 0) is 61.7 Å². The van der Waals surface area contributed by atoms with E-state index in [0.717, 1.165) is 41.3 Å². The number of amides is 1. The van der Waals surface area contributed by atoms with Crippen LogP contribution in [-0.4, -0.2) is 32.9 Å². The van der Waals surface area contributed by atoms with Crippen LogP contribution in [0.5, 0.6) is 5.75 Å². The molecular weight excluding hydrogens is 430 g/mol. The van der Waals surface area contributed by atoms with Crippen LogP contribution in [0.4, 0.5) is 0 Å². The van der Waals surface area contributed by atoms with Gasteiger partial charge in [-0.3, -0.25) is 4.79 Å². The van der Waals surface area contributed by atoms with E-state index in [1.807, 2.05) is 55.5 Å². The highest BCUT2D eigenvalue weighted by molar-refractivity contribution is 5.95. The summed E-state index contributed by atoms with van der Waals surface area (Å²) in [6.07, 6.45) is 6.44. The number of nitrogens with one attached hydrogen (secondary N) is 1. The van der Waals surface area contributed by atoms with E-state index in [9.17, 15) is 4.79 Å². The van der Waals surface area contributed by atoms with Crippen LogP contribution in [-0.2, 0) is 6.54 Å². The zero-order chi connectivity index (χ0) is 23.5. The van der Waals surface area contributed by atoms with Crippen molar-refractivity contribution in [3.63, 3.8) is 0 Å². The number of carbonyl (C=O) groups is 1. The maximum Gasteiger partial charge on any atom is 0.255 e. The van der Waals surface area contributed by atoms with Crippen LogP contribution in [0.3, 0.4) is 0 Å². The van der Waals surface area contributed by atoms with Gasteiger partial charge >= 0.3 is 0 Å². The Morgan fingerprint density at radius 3 is 2.56 bits per heavy atom. The zero-order valence-electron chi connectivity index (χ0n) is 19.3. The summed E-state index contributed by atoms with van der Waals surface area (Å²) in [5.74, 6) is 2.35. The van der Waals surface area contributed by atoms with Crippen LogP contribution >= 0.6 is 0 Å². The fraction of sp³-hybridized carbons (Fsp3) is 0.308. The molecule has 4 aromatic rings. The van der Waals surface area contributed by atoms with E-state index < -0.39 is 0 Å². The Balaban J connectivity index is 1.26. The summed E-state index contributed by atoms with van der Waals surface area (Å²) in [5, 5.41) is 11.6. The molecule has 2 aromatic carbocycles. The van der Waals surface area contributed by atoms with Gasteiger partial charge in [0.15, 0.2) is 0 Å². The van der Waals surface area contributed by atoms with Crippen molar-refractivity contribution in [2.45, 2.75) is 45.1 Å². The van der Waals surface area contributed by atoms with Gasteiger partial charge in [0.25, 0.3) is 5.91 Å². The van der Waals surface area contributed by atoms with Gasteiger partial charge in [-0.15, -0.1) is 0 Å². The molecule has 0 unspecified atom stereocenters. The van der Waals surface area contributed by atoms with Crippen LogP contribution < -0.4 is 10.1 Å². The lowest BCUT2D eigenvalue weighted by molar-refractivity contribution is 0.0950. The van der Waals surface area contributed by atoms with E-state index in [1.165, 1.54) is 12.8 Å². The normalized spacial score (nSPS) is 13.8. The van der Waals surface area contributed by atoms with Crippen molar-refractivity contribution in [1.82, 2.24) is 25.2 Å². The minimum atomic E-state index is -0.164. The van der Waals surface area contributed by atoms with Crippen molar-refractivity contribution in [3.8, 4) is 22.8 Å². The average Bonchev–Trinajstić information content (AvgIpc) is 3.64. The molecule has 1 saturated carbocycles. The lowest BCUT2D eigenvalue weighted by Gasteiger charge is -2.05. The Morgan fingerprint density at radius 2 is 1.85 bits per heavy atom. The second kappa shape index (κ2) is 9.51. The second-order valence-electron chi connectivity index (χ2n) is 8.59. The molecule has 2 aromatic heterocycles. The standard InChI is InChI=1S/C26H27N5O3/c1-17-23(25(32)27-15-18-7-13-22(33-2)14-8-18)16-31(29-17)21-11-9-19(10-12-21)24-28-26(34-30-24)20-5-3-4-6-20/h7-14,16,20H,3-6,15H2,1-2H3,(H,27,32). The molecule has 2 heterocycles. The lowest BCUT2D eigenvalue weighted by atomic mass is 10.1. The second-order valence-corrected chi connectivity index (χ2v) is 8.59. The first-order chi connectivity index (χ1) is 16.6. The maximum atomic E-state index is 12.7. The number of aromatic nitrogens is 4. The van der Waals surface area contributed by atoms with Crippen molar-refractivity contribution < 1.29 is 14.1 Å². The highest BCUT2D eigenvalue weighted by Crippen LogP contribution is 2.34. The molecule has 0 aliphatic heterocycles. The molecule has 0 radical (unpaired) electrons. The molecule has 1 aliphatic rings. The first kappa shape index (κ1) is 21.9. The third kappa shape index (κ3) is 4.57. The van der Waals surface area contributed by atoms with Gasteiger partial charge < -0.3 is 14.6 Å². The van der Waals surface area contributed by atoms with E-state index in [0.29, 0.717) is 29.5 Å². The lowest BCUT2D eigenvalue weighted by Crippen LogP contribution is -2.23. The van der Waals surface area contributed by atoms with E-state index in [2.05, 4.69) is 20.6 Å². The summed E-state index contributed by atoms with van der Waals surface area (Å²) in [6.45, 7) is 2.26. The summed E-state index contributed by atoms with van der Waals surface area (Å²) in [4.78, 5) is 17.3. The molecule has 1 fully saturated rings. The molecule has 5 rings (SSSR count). The monoisotopic (exact) mass is 457 g/mol. The fourth-order valence-electron chi connectivity index (χ4n) is 4.29. The van der Waals surface area contributed by atoms with Gasteiger partial charge in [0.05, 0.1) is 24.1 Å². The number of nitrogens with zero attached hydrogens (tertiary/aromatic N) is 4. The van der Waals surface area contributed by atoms with Crippen molar-refractivity contribution in [2.24, 2.45) is 0 Å². The molecule has 0 bridgehead atoms. The predicted molar refractivity (Wildman–Crippen MR) is 127 cm³/mol. The number of carbonyl (C=O) groups excluding carboxylic acids is 1. The molecule has 1 amide bonds. The summed E-state index contributed by atoms with van der Waals surface area (Å²) >= 11 is 0. The summed E-state index contributed by atoms with van der Waals surface area (Å²) < 4.78 is 12.4. The highest BCUT2D eigenvalue weighted by Gasteiger charge is 2.23. The maximum absolute atomic E-state index is 12.7. The third-order valence-corrected chi connectivity index (χ3v) is 6.29. The predicted octanol–water partition coefficient (Wildman–Crippen LogP) is 4.83. The fourth-order valence-corrected chi connectivity index (χ4v) is 4.29. The molecule has 174 valence electrons. The molecule has 0 spiro atoms. The number of benzene rings is 2. The minimum Gasteiger partial charge on any atom is -0.497 e. The van der Waals surface area contributed by atoms with E-state index in [1.54, 1.807) is 18.0 Å². The zero-order valence-corrected chi connectivity index (χ0v) is 19.3. The third-order valence-electron chi connectivity index (χ3n) is 6.29. The first-order valence-corrected chi connectivity index (χ1v) is 11.5. The molecule has 1 aliphatic carbocycles. The molecule has 0 saturated heterocycles. The van der Waals surface area contributed by atoms with E-state index in [-0.39, 0.29) is 5.91 Å². The summed E-state index contributed by atoms with van der Waals surface area (Å²) in [7, 11) is 1.63. The topological polar surface area (TPSA) is 95.1 Å². The number of hydrogen-bond acceptors (Lipinski definition) is 6. The highest BCUT2D eigenvalue weighted by atomic mass is 16.5. The van der Waals surface area contributed by atoms with Crippen LogP contribution in [0.15, 0.2) is 59.3 Å². The Morgan fingerprint density at radius 1 is 1.12 bits per heavy atom. The summed E-state index contributed by atoms with van der Waals surface area (Å²) in [6, 6.07) is 15.4. The number of aryl methyl sites for hydroxylation is 1. The van der Waals surface area contributed by atoms with Gasteiger partial charge in [-0.1, -0.05) is 30.1 Å². The van der Waals surface area contributed by atoms with Gasteiger partial charge in [-0.2, -0.15) is 10.1 Å². The number of ether oxygens (including phenoxy) is 1. The first-order valence-electron chi connectivity index (χ1n) is 11.5. The van der Waals surface area contributed by atoms with E-state index >= 15 is 0 Å². The van der Waals surface area contributed by atoms with Gasteiger partial charge in [0.2, 0.25) is 11.7 Å². The van der Waals surface area contributed by atoms with E-state index in [4.69, 9.17) is 9.26 Å².